The number of aryl methyl sites for hydroxylation is 8. The van der Waals surface area contributed by atoms with Crippen molar-refractivity contribution in [1.29, 1.82) is 0 Å². The molecule has 0 unspecified atom stereocenters. The number of benzene rings is 3. The standard InChI is InChI=1S/2C22H32N.C21H30N/c2*1-15-10-11-17(16(2)12-15)20-13-18(21(3,4)5)19(14-23(20)9)22(6,7)8;1-15-11-9-10-12-16(15)19-13-17(20(2,3)4)18(14-22(19)8)21(5,6)7/h2*10-14H,1-9H3;9-14H,1-8H3/q3*+1/i1D3;;. The van der Waals surface area contributed by atoms with E-state index in [2.05, 4.69) is 259 Å². The van der Waals surface area contributed by atoms with Crippen LogP contribution in [0.3, 0.4) is 0 Å². The predicted octanol–water partition coefficient (Wildman–Crippen LogP) is 15.9. The molecule has 3 aromatic heterocycles. The quantitative estimate of drug-likeness (QED) is 0.157. The smallest absolute Gasteiger partial charge is 0.201 e. The number of hydrogen-bond donors (Lipinski definition) is 0. The number of pyridine rings is 3. The van der Waals surface area contributed by atoms with Gasteiger partial charge in [-0.3, -0.25) is 0 Å². The topological polar surface area (TPSA) is 11.6 Å². The van der Waals surface area contributed by atoms with Gasteiger partial charge in [0.05, 0.1) is 0 Å². The Bertz CT molecular complexity index is 2850. The van der Waals surface area contributed by atoms with E-state index in [1.807, 2.05) is 13.0 Å². The summed E-state index contributed by atoms with van der Waals surface area (Å²) in [5.41, 5.74) is 21.8. The van der Waals surface area contributed by atoms with Crippen LogP contribution in [0.25, 0.3) is 33.8 Å². The Kier molecular flexibility index (Phi) is 15.2. The van der Waals surface area contributed by atoms with Gasteiger partial charge >= 0.3 is 0 Å². The van der Waals surface area contributed by atoms with Crippen LogP contribution in [0.4, 0.5) is 0 Å². The maximum Gasteiger partial charge on any atom is 0.212 e. The van der Waals surface area contributed by atoms with E-state index in [9.17, 15) is 0 Å². The summed E-state index contributed by atoms with van der Waals surface area (Å²) in [5.74, 6) is 0. The number of aromatic nitrogens is 3. The van der Waals surface area contributed by atoms with Crippen molar-refractivity contribution in [3.8, 4) is 33.8 Å². The molecule has 0 amide bonds. The third kappa shape index (κ3) is 13.5. The molecule has 0 aliphatic carbocycles. The van der Waals surface area contributed by atoms with Crippen molar-refractivity contribution in [3.63, 3.8) is 0 Å². The molecule has 366 valence electrons. The lowest BCUT2D eigenvalue weighted by Gasteiger charge is -2.29. The molecule has 3 aromatic carbocycles. The highest BCUT2D eigenvalue weighted by atomic mass is 14.9. The first-order valence-electron chi connectivity index (χ1n) is 26.4. The highest BCUT2D eigenvalue weighted by Gasteiger charge is 2.33. The van der Waals surface area contributed by atoms with Crippen LogP contribution in [0.1, 0.15) is 190 Å². The molecule has 0 saturated heterocycles. The lowest BCUT2D eigenvalue weighted by atomic mass is 9.75. The summed E-state index contributed by atoms with van der Waals surface area (Å²) >= 11 is 0. The van der Waals surface area contributed by atoms with Gasteiger partial charge in [0, 0.05) is 55.7 Å². The Labute approximate surface area is 421 Å². The molecule has 0 atom stereocenters. The van der Waals surface area contributed by atoms with E-state index in [0.717, 1.165) is 16.8 Å². The summed E-state index contributed by atoms with van der Waals surface area (Å²) in [6.45, 7) is 47.5. The summed E-state index contributed by atoms with van der Waals surface area (Å²) < 4.78 is 29.6. The first kappa shape index (κ1) is 51.0. The molecule has 6 rings (SSSR count). The third-order valence-electron chi connectivity index (χ3n) is 13.3. The summed E-state index contributed by atoms with van der Waals surface area (Å²) in [5, 5.41) is 0. The van der Waals surface area contributed by atoms with E-state index in [1.54, 1.807) is 12.1 Å². The summed E-state index contributed by atoms with van der Waals surface area (Å²) in [7, 11) is 6.38. The zero-order valence-corrected chi connectivity index (χ0v) is 47.6. The lowest BCUT2D eigenvalue weighted by molar-refractivity contribution is -0.661. The summed E-state index contributed by atoms with van der Waals surface area (Å²) in [4.78, 5) is 0. The van der Waals surface area contributed by atoms with Crippen molar-refractivity contribution in [2.75, 3.05) is 0 Å². The van der Waals surface area contributed by atoms with Crippen LogP contribution < -0.4 is 13.7 Å². The zero-order chi connectivity index (χ0) is 54.4. The number of nitrogens with zero attached hydrogens (tertiary/aromatic N) is 3. The zero-order valence-electron chi connectivity index (χ0n) is 50.6. The fourth-order valence-corrected chi connectivity index (χ4v) is 9.32. The van der Waals surface area contributed by atoms with E-state index in [0.29, 0.717) is 5.56 Å². The van der Waals surface area contributed by atoms with Gasteiger partial charge in [-0.2, -0.15) is 0 Å². The second-order valence-corrected chi connectivity index (χ2v) is 26.0. The van der Waals surface area contributed by atoms with Crippen molar-refractivity contribution in [2.45, 2.75) is 192 Å². The molecule has 0 aliphatic heterocycles. The average molecular weight is 921 g/mol. The van der Waals surface area contributed by atoms with E-state index in [-0.39, 0.29) is 32.5 Å². The average Bonchev–Trinajstić information content (AvgIpc) is 3.19. The molecule has 68 heavy (non-hydrogen) atoms. The van der Waals surface area contributed by atoms with Crippen LogP contribution in [0.15, 0.2) is 97.5 Å². The second-order valence-electron chi connectivity index (χ2n) is 26.0. The number of rotatable bonds is 3. The van der Waals surface area contributed by atoms with Crippen LogP contribution in [0.2, 0.25) is 0 Å². The molecule has 0 fully saturated rings. The number of hydrogen-bond acceptors (Lipinski definition) is 0. The second kappa shape index (κ2) is 20.2. The maximum absolute atomic E-state index is 7.63. The Balaban J connectivity index is 0.000000232. The molecular formula is C65H94N3+3. The minimum absolute atomic E-state index is 0.0260. The van der Waals surface area contributed by atoms with Crippen LogP contribution in [0.5, 0.6) is 0 Å². The van der Waals surface area contributed by atoms with Gasteiger partial charge in [0.2, 0.25) is 17.1 Å². The fourth-order valence-electron chi connectivity index (χ4n) is 9.32. The van der Waals surface area contributed by atoms with Crippen molar-refractivity contribution in [2.24, 2.45) is 21.1 Å². The predicted molar refractivity (Wildman–Crippen MR) is 295 cm³/mol. The molecule has 0 saturated carbocycles. The molecule has 0 bridgehead atoms. The van der Waals surface area contributed by atoms with Crippen LogP contribution in [0, 0.1) is 34.5 Å². The SMILES string of the molecule is Cc1ccc(-c2cc(C(C)(C)C)c(C(C)(C)C)c[n+]2C)c(C)c1.Cc1ccccc1-c1cc(C(C)(C)C)c(C(C)(C)C)c[n+]1C.[2H]C([2H])([2H])c1ccc(-c2cc(C(C)(C)C)c(C(C)(C)C)c[n+]2C)c(C)c1. The summed E-state index contributed by atoms with van der Waals surface area (Å²) in [6, 6.07) is 27.9. The third-order valence-corrected chi connectivity index (χ3v) is 13.3. The van der Waals surface area contributed by atoms with Gasteiger partial charge in [-0.15, -0.1) is 0 Å². The van der Waals surface area contributed by atoms with Gasteiger partial charge in [-0.1, -0.05) is 178 Å². The van der Waals surface area contributed by atoms with Gasteiger partial charge in [0.25, 0.3) is 0 Å². The van der Waals surface area contributed by atoms with E-state index in [4.69, 9.17) is 4.11 Å². The highest BCUT2D eigenvalue weighted by Crippen LogP contribution is 2.38. The molecule has 0 radical (unpaired) electrons. The lowest BCUT2D eigenvalue weighted by Crippen LogP contribution is -2.36. The molecule has 0 spiro atoms. The van der Waals surface area contributed by atoms with Crippen LogP contribution >= 0.6 is 0 Å². The highest BCUT2D eigenvalue weighted by molar-refractivity contribution is 5.65. The Morgan fingerprint density at radius 3 is 0.882 bits per heavy atom. The molecule has 0 aliphatic rings. The van der Waals surface area contributed by atoms with Crippen molar-refractivity contribution >= 4 is 0 Å². The van der Waals surface area contributed by atoms with Crippen molar-refractivity contribution < 1.29 is 17.8 Å². The van der Waals surface area contributed by atoms with E-state index < -0.39 is 6.85 Å². The minimum Gasteiger partial charge on any atom is -0.201 e. The maximum atomic E-state index is 7.63. The van der Waals surface area contributed by atoms with Crippen LogP contribution in [-0.4, -0.2) is 0 Å². The van der Waals surface area contributed by atoms with Gasteiger partial charge in [0.15, 0.2) is 18.6 Å². The van der Waals surface area contributed by atoms with Gasteiger partial charge in [0.1, 0.15) is 21.1 Å². The Hall–Kier alpha value is -4.89. The molecule has 6 aromatic rings. The van der Waals surface area contributed by atoms with Crippen molar-refractivity contribution in [1.82, 2.24) is 0 Å². The fraction of sp³-hybridized carbons (Fsp3) is 0.492. The van der Waals surface area contributed by atoms with E-state index >= 15 is 0 Å². The Morgan fingerprint density at radius 2 is 0.603 bits per heavy atom. The van der Waals surface area contributed by atoms with Crippen molar-refractivity contribution in [3.05, 3.63) is 159 Å². The molecule has 3 heterocycles. The van der Waals surface area contributed by atoms with Gasteiger partial charge in [-0.05, 0) is 119 Å². The van der Waals surface area contributed by atoms with Crippen LogP contribution in [-0.2, 0) is 53.6 Å². The minimum atomic E-state index is -2.07. The largest absolute Gasteiger partial charge is 0.212 e. The monoisotopic (exact) mass is 920 g/mol. The van der Waals surface area contributed by atoms with Gasteiger partial charge in [-0.25, -0.2) is 13.7 Å². The first-order valence-corrected chi connectivity index (χ1v) is 24.9. The summed E-state index contributed by atoms with van der Waals surface area (Å²) in [6.07, 6.45) is 6.88. The molecule has 3 nitrogen and oxygen atoms in total. The Morgan fingerprint density at radius 1 is 0.324 bits per heavy atom. The molecule has 3 heteroatoms. The molecular weight excluding hydrogens is 823 g/mol. The van der Waals surface area contributed by atoms with E-state index in [1.165, 1.54) is 72.6 Å². The molecule has 0 N–H and O–H groups in total. The van der Waals surface area contributed by atoms with Gasteiger partial charge < -0.3 is 0 Å². The normalized spacial score (nSPS) is 13.4. The first-order chi connectivity index (χ1) is 32.0.